The Kier molecular flexibility index (Phi) is 6.44. The van der Waals surface area contributed by atoms with Crippen LogP contribution in [-0.4, -0.2) is 44.6 Å². The van der Waals surface area contributed by atoms with Crippen LogP contribution in [-0.2, 0) is 7.05 Å². The molecule has 9 heteroatoms. The first-order valence-corrected chi connectivity index (χ1v) is 12.1. The number of piperazine rings is 1. The maximum atomic E-state index is 14.2. The predicted molar refractivity (Wildman–Crippen MR) is 137 cm³/mol. The lowest BCUT2D eigenvalue weighted by atomic mass is 9.94. The highest BCUT2D eigenvalue weighted by atomic mass is 19.1. The van der Waals surface area contributed by atoms with E-state index in [1.54, 1.807) is 43.6 Å². The third kappa shape index (κ3) is 4.56. The first-order chi connectivity index (χ1) is 17.8. The molecule has 1 unspecified atom stereocenters. The first-order valence-electron chi connectivity index (χ1n) is 12.1. The Morgan fingerprint density at radius 3 is 2.43 bits per heavy atom. The minimum absolute atomic E-state index is 0.0345. The lowest BCUT2D eigenvalue weighted by molar-refractivity contribution is 0.129. The number of pyridine rings is 3. The Morgan fingerprint density at radius 2 is 1.73 bits per heavy atom. The number of aromatic nitrogens is 3. The van der Waals surface area contributed by atoms with Crippen molar-refractivity contribution in [3.8, 4) is 6.07 Å². The average molecular weight is 501 g/mol. The molecule has 0 radical (unpaired) electrons. The number of hydrogen-bond donors (Lipinski definition) is 0. The summed E-state index contributed by atoms with van der Waals surface area (Å²) in [7, 11) is 1.69. The van der Waals surface area contributed by atoms with Crippen LogP contribution in [0, 0.1) is 23.0 Å². The Labute approximate surface area is 213 Å². The van der Waals surface area contributed by atoms with Gasteiger partial charge in [0.25, 0.3) is 5.56 Å². The summed E-state index contributed by atoms with van der Waals surface area (Å²) in [5.41, 5.74) is 3.56. The molecular formula is C28H26F2N6O. The molecule has 1 aliphatic heterocycles. The average Bonchev–Trinajstić information content (AvgIpc) is 2.89. The van der Waals surface area contributed by atoms with Gasteiger partial charge in [-0.2, -0.15) is 5.26 Å². The number of nitriles is 1. The van der Waals surface area contributed by atoms with Crippen molar-refractivity contribution in [2.45, 2.75) is 32.0 Å². The Morgan fingerprint density at radius 1 is 0.973 bits per heavy atom. The highest BCUT2D eigenvalue weighted by molar-refractivity contribution is 5.89. The van der Waals surface area contributed by atoms with Gasteiger partial charge >= 0.3 is 0 Å². The van der Waals surface area contributed by atoms with E-state index in [1.807, 2.05) is 0 Å². The number of halogens is 2. The van der Waals surface area contributed by atoms with Gasteiger partial charge in [-0.05, 0) is 55.3 Å². The van der Waals surface area contributed by atoms with Crippen LogP contribution in [0.2, 0.25) is 0 Å². The summed E-state index contributed by atoms with van der Waals surface area (Å²) in [4.78, 5) is 25.8. The van der Waals surface area contributed by atoms with E-state index >= 15 is 0 Å². The van der Waals surface area contributed by atoms with Crippen molar-refractivity contribution >= 4 is 16.7 Å². The third-order valence-electron chi connectivity index (χ3n) is 7.09. The standard InChI is InChI=1S/C28H26F2N6O/c1-17-16-36(28(19-4-6-21(29)7-5-19)20-10-22(30)14-32-13-20)18(2)15-35(17)25-11-26(37)34(3)24-9-8-23(12-31)33-27(24)25/h4-11,13-14,17-18,28H,15-16H2,1-3H3/t17-,18+,28?/m0/s1. The summed E-state index contributed by atoms with van der Waals surface area (Å²) in [6.45, 7) is 5.26. The van der Waals surface area contributed by atoms with Crippen LogP contribution in [0.15, 0.2) is 65.7 Å². The maximum Gasteiger partial charge on any atom is 0.252 e. The molecule has 0 aliphatic carbocycles. The Bertz CT molecular complexity index is 1560. The predicted octanol–water partition coefficient (Wildman–Crippen LogP) is 4.17. The van der Waals surface area contributed by atoms with Gasteiger partial charge in [0.05, 0.1) is 23.4 Å². The van der Waals surface area contributed by atoms with Crippen LogP contribution in [0.1, 0.15) is 36.7 Å². The lowest BCUT2D eigenvalue weighted by Crippen LogP contribution is -2.57. The first kappa shape index (κ1) is 24.5. The third-order valence-corrected chi connectivity index (χ3v) is 7.09. The van der Waals surface area contributed by atoms with Crippen molar-refractivity contribution in [1.82, 2.24) is 19.4 Å². The zero-order valence-corrected chi connectivity index (χ0v) is 20.8. The second kappa shape index (κ2) is 9.71. The van der Waals surface area contributed by atoms with Gasteiger partial charge in [0.1, 0.15) is 28.9 Å². The molecule has 5 rings (SSSR count). The summed E-state index contributed by atoms with van der Waals surface area (Å²) in [6, 6.07) is 14.3. The molecule has 1 aliphatic rings. The summed E-state index contributed by atoms with van der Waals surface area (Å²) < 4.78 is 29.5. The molecule has 7 nitrogen and oxygen atoms in total. The number of nitrogens with zero attached hydrogens (tertiary/aromatic N) is 6. The van der Waals surface area contributed by atoms with Gasteiger partial charge in [-0.15, -0.1) is 0 Å². The van der Waals surface area contributed by atoms with Crippen molar-refractivity contribution in [2.75, 3.05) is 18.0 Å². The smallest absolute Gasteiger partial charge is 0.252 e. The maximum absolute atomic E-state index is 14.2. The topological polar surface area (TPSA) is 78.0 Å². The van der Waals surface area contributed by atoms with E-state index in [4.69, 9.17) is 0 Å². The second-order valence-corrected chi connectivity index (χ2v) is 9.54. The fourth-order valence-corrected chi connectivity index (χ4v) is 5.24. The fraction of sp³-hybridized carbons (Fsp3) is 0.286. The molecule has 0 spiro atoms. The largest absolute Gasteiger partial charge is 0.364 e. The fourth-order valence-electron chi connectivity index (χ4n) is 5.24. The van der Waals surface area contributed by atoms with Crippen LogP contribution in [0.5, 0.6) is 0 Å². The molecule has 0 amide bonds. The van der Waals surface area contributed by atoms with Gasteiger partial charge < -0.3 is 9.47 Å². The van der Waals surface area contributed by atoms with Gasteiger partial charge in [0.15, 0.2) is 0 Å². The number of aryl methyl sites for hydroxylation is 1. The number of hydrogen-bond acceptors (Lipinski definition) is 6. The van der Waals surface area contributed by atoms with Gasteiger partial charge in [0, 0.05) is 44.5 Å². The van der Waals surface area contributed by atoms with Crippen LogP contribution in [0.3, 0.4) is 0 Å². The monoisotopic (exact) mass is 500 g/mol. The van der Waals surface area contributed by atoms with Crippen LogP contribution in [0.25, 0.3) is 11.0 Å². The summed E-state index contributed by atoms with van der Waals surface area (Å²) in [5, 5.41) is 9.41. The normalized spacial score (nSPS) is 19.1. The number of anilines is 1. The van der Waals surface area contributed by atoms with E-state index in [0.29, 0.717) is 35.4 Å². The van der Waals surface area contributed by atoms with E-state index < -0.39 is 5.82 Å². The van der Waals surface area contributed by atoms with Crippen molar-refractivity contribution in [3.05, 3.63) is 99.7 Å². The molecular weight excluding hydrogens is 474 g/mol. The highest BCUT2D eigenvalue weighted by Gasteiger charge is 2.36. The van der Waals surface area contributed by atoms with E-state index in [-0.39, 0.29) is 35.2 Å². The van der Waals surface area contributed by atoms with Crippen LogP contribution < -0.4 is 10.5 Å². The van der Waals surface area contributed by atoms with Gasteiger partial charge in [0.2, 0.25) is 0 Å². The zero-order valence-electron chi connectivity index (χ0n) is 20.8. The Balaban J connectivity index is 1.56. The summed E-state index contributed by atoms with van der Waals surface area (Å²) in [6.07, 6.45) is 2.81. The summed E-state index contributed by atoms with van der Waals surface area (Å²) in [5.74, 6) is -0.775. The van der Waals surface area contributed by atoms with Crippen LogP contribution >= 0.6 is 0 Å². The molecule has 4 aromatic rings. The van der Waals surface area contributed by atoms with Gasteiger partial charge in [-0.25, -0.2) is 13.8 Å². The van der Waals surface area contributed by atoms with E-state index in [0.717, 1.165) is 5.56 Å². The molecule has 188 valence electrons. The number of rotatable bonds is 4. The number of benzene rings is 1. The molecule has 0 N–H and O–H groups in total. The van der Waals surface area contributed by atoms with Crippen molar-refractivity contribution < 1.29 is 8.78 Å². The van der Waals surface area contributed by atoms with Gasteiger partial charge in [-0.3, -0.25) is 14.7 Å². The van der Waals surface area contributed by atoms with E-state index in [1.165, 1.54) is 29.0 Å². The SMILES string of the molecule is C[C@@H]1CN(c2cc(=O)n(C)c3ccc(C#N)nc23)[C@@H](C)CN1C(c1ccc(F)cc1)c1cncc(F)c1. The molecule has 3 aromatic heterocycles. The number of fused-ring (bicyclic) bond motifs is 1. The molecule has 1 fully saturated rings. The van der Waals surface area contributed by atoms with Crippen molar-refractivity contribution in [2.24, 2.45) is 7.05 Å². The Hall–Kier alpha value is -4.16. The molecule has 0 saturated carbocycles. The van der Waals surface area contributed by atoms with Gasteiger partial charge in [-0.1, -0.05) is 12.1 Å². The lowest BCUT2D eigenvalue weighted by Gasteiger charge is -2.48. The molecule has 4 heterocycles. The molecule has 1 saturated heterocycles. The quantitative estimate of drug-likeness (QED) is 0.419. The summed E-state index contributed by atoms with van der Waals surface area (Å²) >= 11 is 0. The molecule has 37 heavy (non-hydrogen) atoms. The van der Waals surface area contributed by atoms with Crippen molar-refractivity contribution in [3.63, 3.8) is 0 Å². The second-order valence-electron chi connectivity index (χ2n) is 9.54. The molecule has 0 bridgehead atoms. The molecule has 1 aromatic carbocycles. The minimum Gasteiger partial charge on any atom is -0.364 e. The van der Waals surface area contributed by atoms with E-state index in [2.05, 4.69) is 39.7 Å². The van der Waals surface area contributed by atoms with E-state index in [9.17, 15) is 18.8 Å². The molecule has 3 atom stereocenters. The highest BCUT2D eigenvalue weighted by Crippen LogP contribution is 2.36. The van der Waals surface area contributed by atoms with Crippen molar-refractivity contribution in [1.29, 1.82) is 5.26 Å². The van der Waals surface area contributed by atoms with Crippen LogP contribution in [0.4, 0.5) is 14.5 Å². The minimum atomic E-state index is -0.435. The zero-order chi connectivity index (χ0) is 26.3.